The minimum atomic E-state index is 0.657. The van der Waals surface area contributed by atoms with E-state index in [1.54, 1.807) is 18.9 Å². The van der Waals surface area contributed by atoms with Crippen LogP contribution in [0, 0.1) is 0 Å². The number of halogens is 1. The van der Waals surface area contributed by atoms with Gasteiger partial charge in [-0.1, -0.05) is 41.6 Å². The van der Waals surface area contributed by atoms with Crippen LogP contribution in [0.3, 0.4) is 0 Å². The zero-order valence-electron chi connectivity index (χ0n) is 10.4. The minimum Gasteiger partial charge on any atom is -0.496 e. The van der Waals surface area contributed by atoms with Crippen LogP contribution in [0.5, 0.6) is 5.75 Å². The van der Waals surface area contributed by atoms with Crippen LogP contribution >= 0.6 is 23.4 Å². The third kappa shape index (κ3) is 2.48. The number of rotatable bonds is 2. The molecule has 1 heterocycles. The molecular weight excluding hydrogens is 278 g/mol. The minimum absolute atomic E-state index is 0.657. The molecule has 0 amide bonds. The van der Waals surface area contributed by atoms with Crippen LogP contribution in [0.4, 0.5) is 0 Å². The standard InChI is InChI=1S/C15H12ClNOS/c1-18-13-3-2-4-14-12(13)9-17-15(19-14)10-5-7-11(16)8-6-10/h2-8H,9H2,1H3. The molecule has 1 aliphatic heterocycles. The highest BCUT2D eigenvalue weighted by Gasteiger charge is 2.17. The van der Waals surface area contributed by atoms with E-state index >= 15 is 0 Å². The van der Waals surface area contributed by atoms with E-state index in [4.69, 9.17) is 16.3 Å². The van der Waals surface area contributed by atoms with Gasteiger partial charge in [-0.05, 0) is 24.3 Å². The molecule has 2 aromatic carbocycles. The van der Waals surface area contributed by atoms with E-state index in [1.165, 1.54) is 4.90 Å². The molecule has 3 rings (SSSR count). The fourth-order valence-corrected chi connectivity index (χ4v) is 3.17. The highest BCUT2D eigenvalue weighted by Crippen LogP contribution is 2.36. The molecule has 0 unspecified atom stereocenters. The maximum atomic E-state index is 5.91. The van der Waals surface area contributed by atoms with E-state index in [1.807, 2.05) is 36.4 Å². The van der Waals surface area contributed by atoms with Crippen LogP contribution in [-0.2, 0) is 6.54 Å². The van der Waals surface area contributed by atoms with Gasteiger partial charge >= 0.3 is 0 Å². The smallest absolute Gasteiger partial charge is 0.125 e. The van der Waals surface area contributed by atoms with Gasteiger partial charge in [-0.15, -0.1) is 0 Å². The zero-order chi connectivity index (χ0) is 13.2. The van der Waals surface area contributed by atoms with Crippen molar-refractivity contribution in [1.29, 1.82) is 0 Å². The number of thioether (sulfide) groups is 1. The van der Waals surface area contributed by atoms with E-state index < -0.39 is 0 Å². The average Bonchev–Trinajstić information content (AvgIpc) is 2.47. The molecule has 0 spiro atoms. The number of ether oxygens (including phenoxy) is 1. The van der Waals surface area contributed by atoms with Crippen molar-refractivity contribution >= 4 is 28.4 Å². The molecule has 0 saturated heterocycles. The molecule has 0 atom stereocenters. The van der Waals surface area contributed by atoms with Gasteiger partial charge in [-0.2, -0.15) is 0 Å². The van der Waals surface area contributed by atoms with Gasteiger partial charge in [0.2, 0.25) is 0 Å². The Morgan fingerprint density at radius 2 is 1.95 bits per heavy atom. The second kappa shape index (κ2) is 5.27. The van der Waals surface area contributed by atoms with Crippen LogP contribution in [0.2, 0.25) is 5.02 Å². The summed E-state index contributed by atoms with van der Waals surface area (Å²) in [4.78, 5) is 5.84. The number of hydrogen-bond acceptors (Lipinski definition) is 3. The lowest BCUT2D eigenvalue weighted by atomic mass is 10.2. The molecule has 4 heteroatoms. The summed E-state index contributed by atoms with van der Waals surface area (Å²) in [5.41, 5.74) is 2.26. The van der Waals surface area contributed by atoms with E-state index in [0.717, 1.165) is 26.9 Å². The molecule has 2 nitrogen and oxygen atoms in total. The normalized spacial score (nSPS) is 13.7. The predicted molar refractivity (Wildman–Crippen MR) is 80.5 cm³/mol. The van der Waals surface area contributed by atoms with E-state index in [9.17, 15) is 0 Å². The van der Waals surface area contributed by atoms with Crippen LogP contribution in [0.25, 0.3) is 0 Å². The SMILES string of the molecule is COc1cccc2c1CN=C(c1ccc(Cl)cc1)S2. The third-order valence-corrected chi connectivity index (χ3v) is 4.40. The quantitative estimate of drug-likeness (QED) is 0.817. The molecule has 96 valence electrons. The summed E-state index contributed by atoms with van der Waals surface area (Å²) in [5.74, 6) is 0.906. The van der Waals surface area contributed by atoms with Crippen LogP contribution in [0.1, 0.15) is 11.1 Å². The van der Waals surface area contributed by atoms with Gasteiger partial charge in [-0.25, -0.2) is 0 Å². The Hall–Kier alpha value is -1.45. The van der Waals surface area contributed by atoms with Gasteiger partial charge in [-0.3, -0.25) is 4.99 Å². The Morgan fingerprint density at radius 3 is 2.68 bits per heavy atom. The Balaban J connectivity index is 1.94. The van der Waals surface area contributed by atoms with Crippen molar-refractivity contribution in [2.24, 2.45) is 4.99 Å². The third-order valence-electron chi connectivity index (χ3n) is 2.99. The van der Waals surface area contributed by atoms with Crippen molar-refractivity contribution < 1.29 is 4.74 Å². The number of aliphatic imine (C=N–C) groups is 1. The summed E-state index contributed by atoms with van der Waals surface area (Å²) in [7, 11) is 1.69. The molecule has 19 heavy (non-hydrogen) atoms. The Kier molecular flexibility index (Phi) is 3.49. The topological polar surface area (TPSA) is 21.6 Å². The Morgan fingerprint density at radius 1 is 1.16 bits per heavy atom. The summed E-state index contributed by atoms with van der Waals surface area (Å²) >= 11 is 7.58. The maximum absolute atomic E-state index is 5.91. The summed E-state index contributed by atoms with van der Waals surface area (Å²) in [6.07, 6.45) is 0. The van der Waals surface area contributed by atoms with Crippen molar-refractivity contribution in [3.8, 4) is 5.75 Å². The van der Waals surface area contributed by atoms with E-state index in [-0.39, 0.29) is 0 Å². The first kappa shape index (κ1) is 12.6. The van der Waals surface area contributed by atoms with Crippen LogP contribution in [0.15, 0.2) is 52.4 Å². The van der Waals surface area contributed by atoms with E-state index in [2.05, 4.69) is 11.1 Å². The van der Waals surface area contributed by atoms with Gasteiger partial charge in [0.25, 0.3) is 0 Å². The summed E-state index contributed by atoms with van der Waals surface area (Å²) in [6, 6.07) is 13.9. The molecular formula is C15H12ClNOS. The molecule has 2 aromatic rings. The summed E-state index contributed by atoms with van der Waals surface area (Å²) in [6.45, 7) is 0.657. The fraction of sp³-hybridized carbons (Fsp3) is 0.133. The maximum Gasteiger partial charge on any atom is 0.125 e. The number of hydrogen-bond donors (Lipinski definition) is 0. The molecule has 0 radical (unpaired) electrons. The Labute approximate surface area is 121 Å². The van der Waals surface area contributed by atoms with Crippen molar-refractivity contribution in [3.63, 3.8) is 0 Å². The molecule has 0 fully saturated rings. The van der Waals surface area contributed by atoms with Crippen LogP contribution < -0.4 is 4.74 Å². The number of nitrogens with zero attached hydrogens (tertiary/aromatic N) is 1. The second-order valence-corrected chi connectivity index (χ2v) is 5.63. The van der Waals surface area contributed by atoms with Crippen molar-refractivity contribution in [3.05, 3.63) is 58.6 Å². The highest BCUT2D eigenvalue weighted by molar-refractivity contribution is 8.14. The van der Waals surface area contributed by atoms with Gasteiger partial charge in [0.15, 0.2) is 0 Å². The van der Waals surface area contributed by atoms with Crippen molar-refractivity contribution in [1.82, 2.24) is 0 Å². The van der Waals surface area contributed by atoms with Crippen LogP contribution in [-0.4, -0.2) is 12.2 Å². The lowest BCUT2D eigenvalue weighted by molar-refractivity contribution is 0.408. The van der Waals surface area contributed by atoms with Crippen molar-refractivity contribution in [2.75, 3.05) is 7.11 Å². The highest BCUT2D eigenvalue weighted by atomic mass is 35.5. The molecule has 0 N–H and O–H groups in total. The predicted octanol–water partition coefficient (Wildman–Crippen LogP) is 4.40. The lowest BCUT2D eigenvalue weighted by Crippen LogP contribution is -2.05. The summed E-state index contributed by atoms with van der Waals surface area (Å²) in [5, 5.41) is 1.77. The van der Waals surface area contributed by atoms with E-state index in [0.29, 0.717) is 6.54 Å². The monoisotopic (exact) mass is 289 g/mol. The van der Waals surface area contributed by atoms with Gasteiger partial charge in [0, 0.05) is 21.0 Å². The number of benzene rings is 2. The zero-order valence-corrected chi connectivity index (χ0v) is 12.0. The van der Waals surface area contributed by atoms with Gasteiger partial charge < -0.3 is 4.74 Å². The second-order valence-electron chi connectivity index (χ2n) is 4.17. The molecule has 0 aromatic heterocycles. The number of methoxy groups -OCH3 is 1. The van der Waals surface area contributed by atoms with Gasteiger partial charge in [0.05, 0.1) is 13.7 Å². The Bertz CT molecular complexity index is 637. The molecule has 1 aliphatic rings. The first-order chi connectivity index (χ1) is 9.28. The molecule has 0 aliphatic carbocycles. The van der Waals surface area contributed by atoms with Crippen molar-refractivity contribution in [2.45, 2.75) is 11.4 Å². The molecule has 0 saturated carbocycles. The summed E-state index contributed by atoms with van der Waals surface area (Å²) < 4.78 is 5.37. The first-order valence-corrected chi connectivity index (χ1v) is 7.11. The molecule has 0 bridgehead atoms. The largest absolute Gasteiger partial charge is 0.496 e. The van der Waals surface area contributed by atoms with Gasteiger partial charge in [0.1, 0.15) is 10.8 Å². The first-order valence-electron chi connectivity index (χ1n) is 5.92. The fourth-order valence-electron chi connectivity index (χ4n) is 2.02. The lowest BCUT2D eigenvalue weighted by Gasteiger charge is -2.18. The number of fused-ring (bicyclic) bond motifs is 1. The average molecular weight is 290 g/mol.